The Bertz CT molecular complexity index is 472. The molecule has 0 atom stereocenters. The van der Waals surface area contributed by atoms with E-state index in [2.05, 4.69) is 10.3 Å². The fraction of sp³-hybridized carbons (Fsp3) is 0.417. The smallest absolute Gasteiger partial charge is 0.324 e. The van der Waals surface area contributed by atoms with Gasteiger partial charge in [-0.2, -0.15) is 0 Å². The summed E-state index contributed by atoms with van der Waals surface area (Å²) in [6, 6.07) is 3.73. The first-order valence-corrected chi connectivity index (χ1v) is 5.44. The minimum Gasteiger partial charge on any atom is -0.496 e. The molecular formula is C12H17N3O3. The quantitative estimate of drug-likeness (QED) is 0.643. The molecule has 0 heterocycles. The van der Waals surface area contributed by atoms with E-state index >= 15 is 0 Å². The third-order valence-electron chi connectivity index (χ3n) is 2.38. The summed E-state index contributed by atoms with van der Waals surface area (Å²) in [6.07, 6.45) is 0. The lowest BCUT2D eigenvalue weighted by atomic mass is 10.1. The molecule has 6 nitrogen and oxygen atoms in total. The monoisotopic (exact) mass is 251 g/mol. The first-order chi connectivity index (χ1) is 8.43. The second-order valence-electron chi connectivity index (χ2n) is 4.01. The lowest BCUT2D eigenvalue weighted by molar-refractivity contribution is -0.138. The van der Waals surface area contributed by atoms with Crippen molar-refractivity contribution in [2.45, 2.75) is 13.8 Å². The van der Waals surface area contributed by atoms with Crippen LogP contribution < -0.4 is 4.74 Å². The number of carboxylic acids is 1. The molecular weight excluding hydrogens is 234 g/mol. The number of methoxy groups -OCH3 is 1. The molecule has 1 aromatic carbocycles. The van der Waals surface area contributed by atoms with Crippen LogP contribution in [0.3, 0.4) is 0 Å². The van der Waals surface area contributed by atoms with E-state index in [0.29, 0.717) is 5.69 Å². The number of ether oxygens (including phenoxy) is 1. The zero-order chi connectivity index (χ0) is 13.7. The number of nitrogens with zero attached hydrogens (tertiary/aromatic N) is 3. The van der Waals surface area contributed by atoms with Gasteiger partial charge in [0.1, 0.15) is 12.3 Å². The minimum absolute atomic E-state index is 0.183. The molecule has 0 spiro atoms. The molecule has 0 aliphatic carbocycles. The van der Waals surface area contributed by atoms with Crippen LogP contribution >= 0.6 is 0 Å². The number of benzene rings is 1. The molecule has 0 saturated heterocycles. The fourth-order valence-electron chi connectivity index (χ4n) is 1.45. The van der Waals surface area contributed by atoms with E-state index in [9.17, 15) is 4.79 Å². The van der Waals surface area contributed by atoms with Crippen LogP contribution in [0.25, 0.3) is 0 Å². The van der Waals surface area contributed by atoms with Crippen molar-refractivity contribution in [3.05, 3.63) is 23.3 Å². The molecule has 0 aliphatic heterocycles. The maximum atomic E-state index is 10.5. The van der Waals surface area contributed by atoms with E-state index in [1.165, 1.54) is 5.01 Å². The Morgan fingerprint density at radius 1 is 1.39 bits per heavy atom. The lowest BCUT2D eigenvalue weighted by Gasteiger charge is -2.09. The van der Waals surface area contributed by atoms with Crippen molar-refractivity contribution in [3.63, 3.8) is 0 Å². The van der Waals surface area contributed by atoms with Crippen LogP contribution in [0.2, 0.25) is 0 Å². The summed E-state index contributed by atoms with van der Waals surface area (Å²) in [5, 5.41) is 17.7. The molecule has 0 saturated carbocycles. The van der Waals surface area contributed by atoms with Gasteiger partial charge < -0.3 is 9.84 Å². The Hall–Kier alpha value is -2.11. The molecule has 0 fully saturated rings. The third kappa shape index (κ3) is 3.73. The van der Waals surface area contributed by atoms with Crippen LogP contribution in [-0.4, -0.2) is 36.8 Å². The molecule has 1 aromatic rings. The summed E-state index contributed by atoms with van der Waals surface area (Å²) < 4.78 is 5.20. The Morgan fingerprint density at radius 2 is 2.06 bits per heavy atom. The Morgan fingerprint density at radius 3 is 2.61 bits per heavy atom. The highest BCUT2D eigenvalue weighted by Gasteiger charge is 2.05. The summed E-state index contributed by atoms with van der Waals surface area (Å²) >= 11 is 0. The molecule has 98 valence electrons. The van der Waals surface area contributed by atoms with E-state index in [1.54, 1.807) is 14.2 Å². The van der Waals surface area contributed by atoms with Crippen LogP contribution in [0.5, 0.6) is 5.75 Å². The van der Waals surface area contributed by atoms with Gasteiger partial charge in [-0.1, -0.05) is 5.22 Å². The molecule has 0 aliphatic rings. The van der Waals surface area contributed by atoms with Crippen molar-refractivity contribution < 1.29 is 14.6 Å². The van der Waals surface area contributed by atoms with Crippen molar-refractivity contribution in [1.82, 2.24) is 5.01 Å². The number of aliphatic carboxylic acids is 1. The maximum absolute atomic E-state index is 10.5. The van der Waals surface area contributed by atoms with Crippen LogP contribution in [0.15, 0.2) is 22.5 Å². The lowest BCUT2D eigenvalue weighted by Crippen LogP contribution is -2.19. The van der Waals surface area contributed by atoms with Crippen LogP contribution in [-0.2, 0) is 4.79 Å². The SMILES string of the molecule is COc1cc(C)c(/N=N/N(C)CC(=O)O)cc1C. The van der Waals surface area contributed by atoms with E-state index in [0.717, 1.165) is 16.9 Å². The normalized spacial score (nSPS) is 10.7. The molecule has 0 amide bonds. The third-order valence-corrected chi connectivity index (χ3v) is 2.38. The molecule has 0 unspecified atom stereocenters. The van der Waals surface area contributed by atoms with Gasteiger partial charge in [-0.3, -0.25) is 9.80 Å². The molecule has 0 radical (unpaired) electrons. The Kier molecular flexibility index (Phi) is 4.65. The number of aryl methyl sites for hydroxylation is 2. The fourth-order valence-corrected chi connectivity index (χ4v) is 1.45. The van der Waals surface area contributed by atoms with Gasteiger partial charge in [0.2, 0.25) is 0 Å². The van der Waals surface area contributed by atoms with Crippen LogP contribution in [0.4, 0.5) is 5.69 Å². The summed E-state index contributed by atoms with van der Waals surface area (Å²) in [4.78, 5) is 10.5. The predicted molar refractivity (Wildman–Crippen MR) is 67.2 cm³/mol. The molecule has 1 rings (SSSR count). The number of likely N-dealkylation sites (N-methyl/N-ethyl adjacent to an activating group) is 1. The standard InChI is InChI=1S/C12H17N3O3/c1-8-6-11(18-4)9(2)5-10(8)13-14-15(3)7-12(16)17/h5-6H,7H2,1-4H3,(H,16,17)/b14-13+. The second kappa shape index (κ2) is 6.00. The highest BCUT2D eigenvalue weighted by Crippen LogP contribution is 2.28. The molecule has 6 heteroatoms. The zero-order valence-electron chi connectivity index (χ0n) is 11.0. The average molecular weight is 251 g/mol. The Balaban J connectivity index is 2.88. The second-order valence-corrected chi connectivity index (χ2v) is 4.01. The van der Waals surface area contributed by atoms with Gasteiger partial charge in [-0.25, -0.2) is 0 Å². The minimum atomic E-state index is -0.945. The summed E-state index contributed by atoms with van der Waals surface area (Å²) in [5.41, 5.74) is 2.58. The van der Waals surface area contributed by atoms with E-state index < -0.39 is 5.97 Å². The zero-order valence-corrected chi connectivity index (χ0v) is 11.0. The molecule has 0 aromatic heterocycles. The Labute approximate surface area is 106 Å². The van der Waals surface area contributed by atoms with Crippen molar-refractivity contribution >= 4 is 11.7 Å². The van der Waals surface area contributed by atoms with Gasteiger partial charge in [0, 0.05) is 7.05 Å². The number of carbonyl (C=O) groups is 1. The van der Waals surface area contributed by atoms with Gasteiger partial charge >= 0.3 is 5.97 Å². The van der Waals surface area contributed by atoms with E-state index in [-0.39, 0.29) is 6.54 Å². The van der Waals surface area contributed by atoms with Crippen molar-refractivity contribution in [2.24, 2.45) is 10.3 Å². The molecule has 1 N–H and O–H groups in total. The largest absolute Gasteiger partial charge is 0.496 e. The summed E-state index contributed by atoms with van der Waals surface area (Å²) in [7, 11) is 3.17. The predicted octanol–water partition coefficient (Wildman–Crippen LogP) is 2.33. The van der Waals surface area contributed by atoms with Gasteiger partial charge in [-0.05, 0) is 37.1 Å². The maximum Gasteiger partial charge on any atom is 0.324 e. The average Bonchev–Trinajstić information content (AvgIpc) is 2.28. The van der Waals surface area contributed by atoms with Crippen LogP contribution in [0.1, 0.15) is 11.1 Å². The number of hydrogen-bond acceptors (Lipinski definition) is 4. The van der Waals surface area contributed by atoms with Crippen molar-refractivity contribution in [2.75, 3.05) is 20.7 Å². The van der Waals surface area contributed by atoms with Crippen LogP contribution in [0, 0.1) is 13.8 Å². The van der Waals surface area contributed by atoms with Gasteiger partial charge in [0.15, 0.2) is 0 Å². The summed E-state index contributed by atoms with van der Waals surface area (Å²) in [5.74, 6) is -0.149. The summed E-state index contributed by atoms with van der Waals surface area (Å²) in [6.45, 7) is 3.63. The van der Waals surface area contributed by atoms with Gasteiger partial charge in [0.25, 0.3) is 0 Å². The first kappa shape index (κ1) is 14.0. The molecule has 18 heavy (non-hydrogen) atoms. The number of rotatable bonds is 5. The van der Waals surface area contributed by atoms with Crippen molar-refractivity contribution in [1.29, 1.82) is 0 Å². The van der Waals surface area contributed by atoms with E-state index in [4.69, 9.17) is 9.84 Å². The highest BCUT2D eigenvalue weighted by atomic mass is 16.5. The number of hydrogen-bond donors (Lipinski definition) is 1. The van der Waals surface area contributed by atoms with Crippen molar-refractivity contribution in [3.8, 4) is 5.75 Å². The van der Waals surface area contributed by atoms with Gasteiger partial charge in [-0.15, -0.1) is 5.11 Å². The highest BCUT2D eigenvalue weighted by molar-refractivity contribution is 5.68. The first-order valence-electron chi connectivity index (χ1n) is 5.44. The van der Waals surface area contributed by atoms with E-state index in [1.807, 2.05) is 26.0 Å². The van der Waals surface area contributed by atoms with Gasteiger partial charge in [0.05, 0.1) is 12.8 Å². The number of carboxylic acid groups (broad SMARTS) is 1. The molecule has 0 bridgehead atoms. The topological polar surface area (TPSA) is 74.5 Å².